The number of nitrogens with one attached hydrogen (secondary N) is 3. The summed E-state index contributed by atoms with van der Waals surface area (Å²) >= 11 is 4.83. The van der Waals surface area contributed by atoms with Crippen molar-refractivity contribution in [3.63, 3.8) is 0 Å². The van der Waals surface area contributed by atoms with E-state index in [1.54, 1.807) is 0 Å². The Balaban J connectivity index is 2.46. The number of rotatable bonds is 5. The van der Waals surface area contributed by atoms with Crippen LogP contribution in [0.3, 0.4) is 0 Å². The maximum Gasteiger partial charge on any atom is 0.342 e. The van der Waals surface area contributed by atoms with Crippen LogP contribution in [0.25, 0.3) is 0 Å². The van der Waals surface area contributed by atoms with Crippen molar-refractivity contribution in [1.82, 2.24) is 19.5 Å². The van der Waals surface area contributed by atoms with Gasteiger partial charge in [-0.05, 0) is 18.6 Å². The van der Waals surface area contributed by atoms with Gasteiger partial charge in [0.15, 0.2) is 4.77 Å². The van der Waals surface area contributed by atoms with Crippen molar-refractivity contribution in [3.05, 3.63) is 15.3 Å². The predicted octanol–water partition coefficient (Wildman–Crippen LogP) is -0.827. The number of aromatic nitrogens is 3. The number of aromatic amines is 2. The second-order valence-corrected chi connectivity index (χ2v) is 5.25. The molecule has 0 aromatic carbocycles. The summed E-state index contributed by atoms with van der Waals surface area (Å²) in [4.78, 5) is 11.1. The van der Waals surface area contributed by atoms with Gasteiger partial charge in [-0.25, -0.2) is 23.0 Å². The Bertz CT molecular complexity index is 496. The number of nitrogens with zero attached hydrogens (tertiary/aromatic N) is 1. The monoisotopic (exact) mass is 252 g/mol. The lowest BCUT2D eigenvalue weighted by Crippen LogP contribution is -2.25. The second-order valence-electron chi connectivity index (χ2n) is 3.03. The van der Waals surface area contributed by atoms with Gasteiger partial charge in [-0.3, -0.25) is 9.67 Å². The van der Waals surface area contributed by atoms with Crippen molar-refractivity contribution < 1.29 is 8.42 Å². The molecule has 0 amide bonds. The first-order valence-corrected chi connectivity index (χ1v) is 6.52. The molecule has 0 saturated carbocycles. The highest BCUT2D eigenvalue weighted by Gasteiger charge is 2.01. The molecule has 0 aliphatic heterocycles. The molecule has 0 fully saturated rings. The van der Waals surface area contributed by atoms with Crippen molar-refractivity contribution in [3.8, 4) is 0 Å². The lowest BCUT2D eigenvalue weighted by Gasteiger charge is -2.01. The molecule has 1 heterocycles. The van der Waals surface area contributed by atoms with E-state index in [-0.39, 0.29) is 12.2 Å². The summed E-state index contributed by atoms with van der Waals surface area (Å²) in [6.45, 7) is 0.658. The van der Waals surface area contributed by atoms with Gasteiger partial charge in [-0.15, -0.1) is 0 Å². The molecule has 0 unspecified atom stereocenters. The Hall–Kier alpha value is -0.930. The maximum atomic E-state index is 11.1. The van der Waals surface area contributed by atoms with E-state index in [2.05, 4.69) is 14.9 Å². The minimum atomic E-state index is -3.16. The highest BCUT2D eigenvalue weighted by atomic mass is 32.2. The highest BCUT2D eigenvalue weighted by Crippen LogP contribution is 1.87. The second kappa shape index (κ2) is 4.73. The number of sulfonamides is 1. The summed E-state index contributed by atoms with van der Waals surface area (Å²) < 4.78 is 25.4. The van der Waals surface area contributed by atoms with Crippen molar-refractivity contribution >= 4 is 22.2 Å². The Labute approximate surface area is 91.5 Å². The maximum absolute atomic E-state index is 11.1. The van der Waals surface area contributed by atoms with Crippen LogP contribution in [-0.4, -0.2) is 36.0 Å². The van der Waals surface area contributed by atoms with Crippen LogP contribution in [0, 0.1) is 4.77 Å². The third-order valence-corrected chi connectivity index (χ3v) is 2.74. The SMILES string of the molecule is CS(=O)(=O)NCCCn1c(=O)[nH][nH]c1=S. The molecule has 0 bridgehead atoms. The molecule has 1 aromatic rings. The normalized spacial score (nSPS) is 11.8. The van der Waals surface area contributed by atoms with Gasteiger partial charge in [0.05, 0.1) is 6.26 Å². The van der Waals surface area contributed by atoms with Gasteiger partial charge in [-0.1, -0.05) is 0 Å². The predicted molar refractivity (Wildman–Crippen MR) is 57.7 cm³/mol. The molecule has 1 aromatic heterocycles. The summed E-state index contributed by atoms with van der Waals surface area (Å²) in [6, 6.07) is 0. The van der Waals surface area contributed by atoms with Crippen molar-refractivity contribution in [2.45, 2.75) is 13.0 Å². The van der Waals surface area contributed by atoms with Gasteiger partial charge in [0.25, 0.3) is 0 Å². The van der Waals surface area contributed by atoms with Gasteiger partial charge in [0.2, 0.25) is 10.0 Å². The summed E-state index contributed by atoms with van der Waals surface area (Å²) in [7, 11) is -3.16. The molecule has 15 heavy (non-hydrogen) atoms. The Morgan fingerprint density at radius 1 is 1.47 bits per heavy atom. The van der Waals surface area contributed by atoms with Crippen LogP contribution >= 0.6 is 12.2 Å². The van der Waals surface area contributed by atoms with Gasteiger partial charge in [0.1, 0.15) is 0 Å². The van der Waals surface area contributed by atoms with Crippen LogP contribution in [-0.2, 0) is 16.6 Å². The molecule has 0 spiro atoms. The summed E-state index contributed by atoms with van der Waals surface area (Å²) in [6.07, 6.45) is 1.59. The van der Waals surface area contributed by atoms with Crippen LogP contribution in [0.1, 0.15) is 6.42 Å². The standard InChI is InChI=1S/C6H12N4O3S2/c1-15(12,13)7-3-2-4-10-5(11)8-9-6(10)14/h7H,2-4H2,1H3,(H,8,11)(H,9,14). The molecule has 0 aliphatic carbocycles. The lowest BCUT2D eigenvalue weighted by molar-refractivity contribution is 0.570. The fourth-order valence-electron chi connectivity index (χ4n) is 1.03. The largest absolute Gasteiger partial charge is 0.342 e. The van der Waals surface area contributed by atoms with Gasteiger partial charge >= 0.3 is 5.69 Å². The fraction of sp³-hybridized carbons (Fsp3) is 0.667. The van der Waals surface area contributed by atoms with Crippen LogP contribution in [0.2, 0.25) is 0 Å². The Morgan fingerprint density at radius 2 is 2.13 bits per heavy atom. The van der Waals surface area contributed by atoms with E-state index in [1.165, 1.54) is 4.57 Å². The van der Waals surface area contributed by atoms with E-state index >= 15 is 0 Å². The van der Waals surface area contributed by atoms with Crippen molar-refractivity contribution in [2.75, 3.05) is 12.8 Å². The highest BCUT2D eigenvalue weighted by molar-refractivity contribution is 7.88. The van der Waals surface area contributed by atoms with Crippen molar-refractivity contribution in [1.29, 1.82) is 0 Å². The third kappa shape index (κ3) is 3.98. The number of H-pyrrole nitrogens is 2. The van der Waals surface area contributed by atoms with Gasteiger partial charge in [-0.2, -0.15) is 0 Å². The summed E-state index contributed by atoms with van der Waals surface area (Å²) in [5.74, 6) is 0. The first kappa shape index (κ1) is 12.1. The Morgan fingerprint density at radius 3 is 2.60 bits per heavy atom. The number of hydrogen-bond donors (Lipinski definition) is 3. The molecule has 0 radical (unpaired) electrons. The van der Waals surface area contributed by atoms with E-state index < -0.39 is 10.0 Å². The van der Waals surface area contributed by atoms with Crippen LogP contribution in [0.4, 0.5) is 0 Å². The van der Waals surface area contributed by atoms with Crippen LogP contribution < -0.4 is 10.4 Å². The molecule has 1 rings (SSSR count). The average molecular weight is 252 g/mol. The first-order valence-electron chi connectivity index (χ1n) is 4.22. The zero-order valence-corrected chi connectivity index (χ0v) is 9.74. The molecule has 7 nitrogen and oxygen atoms in total. The smallest absolute Gasteiger partial charge is 0.272 e. The lowest BCUT2D eigenvalue weighted by atomic mass is 10.4. The fourth-order valence-corrected chi connectivity index (χ4v) is 1.77. The average Bonchev–Trinajstić information content (AvgIpc) is 2.40. The summed E-state index contributed by atoms with van der Waals surface area (Å²) in [5, 5.41) is 4.83. The minimum Gasteiger partial charge on any atom is -0.272 e. The van der Waals surface area contributed by atoms with E-state index in [1.807, 2.05) is 0 Å². The zero-order valence-electron chi connectivity index (χ0n) is 8.11. The molecule has 0 atom stereocenters. The van der Waals surface area contributed by atoms with Crippen LogP contribution in [0.15, 0.2) is 4.79 Å². The topological polar surface area (TPSA) is 99.8 Å². The van der Waals surface area contributed by atoms with E-state index in [9.17, 15) is 13.2 Å². The van der Waals surface area contributed by atoms with Crippen LogP contribution in [0.5, 0.6) is 0 Å². The molecule has 0 saturated heterocycles. The summed E-state index contributed by atoms with van der Waals surface area (Å²) in [5.41, 5.74) is -0.320. The quantitative estimate of drug-likeness (QED) is 0.470. The Kier molecular flexibility index (Phi) is 3.83. The van der Waals surface area contributed by atoms with Crippen molar-refractivity contribution in [2.24, 2.45) is 0 Å². The minimum absolute atomic E-state index is 0.283. The van der Waals surface area contributed by atoms with E-state index in [0.717, 1.165) is 6.26 Å². The number of hydrogen-bond acceptors (Lipinski definition) is 4. The van der Waals surface area contributed by atoms with E-state index in [4.69, 9.17) is 12.2 Å². The van der Waals surface area contributed by atoms with Gasteiger partial charge in [0, 0.05) is 13.1 Å². The molecular formula is C6H12N4O3S2. The molecule has 0 aliphatic rings. The zero-order chi connectivity index (χ0) is 11.5. The van der Waals surface area contributed by atoms with Gasteiger partial charge < -0.3 is 0 Å². The first-order chi connectivity index (χ1) is 6.90. The van der Waals surface area contributed by atoms with E-state index in [0.29, 0.717) is 17.7 Å². The molecular weight excluding hydrogens is 240 g/mol. The third-order valence-electron chi connectivity index (χ3n) is 1.69. The molecule has 9 heteroatoms. The molecule has 86 valence electrons. The molecule has 3 N–H and O–H groups in total.